The highest BCUT2D eigenvalue weighted by Gasteiger charge is 2.25. The molecule has 2 atom stereocenters. The summed E-state index contributed by atoms with van der Waals surface area (Å²) in [5.74, 6) is 0.108. The predicted octanol–water partition coefficient (Wildman–Crippen LogP) is 1.02. The Labute approximate surface area is 86.8 Å². The molecule has 14 heavy (non-hydrogen) atoms. The lowest BCUT2D eigenvalue weighted by molar-refractivity contribution is 0.0731. The normalized spacial score (nSPS) is 16.7. The zero-order chi connectivity index (χ0) is 11.2. The average Bonchev–Trinajstić information content (AvgIpc) is 2.09. The molecule has 2 unspecified atom stereocenters. The molecule has 0 fully saturated rings. The summed E-state index contributed by atoms with van der Waals surface area (Å²) in [6, 6.07) is 0. The largest absolute Gasteiger partial charge is 0.396 e. The van der Waals surface area contributed by atoms with Gasteiger partial charge in [0.15, 0.2) is 0 Å². The Balaban J connectivity index is 4.21. The van der Waals surface area contributed by atoms with Gasteiger partial charge in [-0.05, 0) is 30.1 Å². The van der Waals surface area contributed by atoms with Crippen molar-refractivity contribution < 1.29 is 15.3 Å². The molecule has 0 rings (SSSR count). The lowest BCUT2D eigenvalue weighted by atomic mass is 9.78. The van der Waals surface area contributed by atoms with Crippen LogP contribution in [0.3, 0.4) is 0 Å². The summed E-state index contributed by atoms with van der Waals surface area (Å²) in [4.78, 5) is 0. The first-order valence-corrected chi connectivity index (χ1v) is 5.27. The van der Waals surface area contributed by atoms with E-state index in [1.54, 1.807) is 0 Å². The summed E-state index contributed by atoms with van der Waals surface area (Å²) in [5.41, 5.74) is 0.149. The Morgan fingerprint density at radius 2 is 1.43 bits per heavy atom. The van der Waals surface area contributed by atoms with Crippen LogP contribution in [-0.2, 0) is 0 Å². The van der Waals surface area contributed by atoms with Crippen molar-refractivity contribution in [2.45, 2.75) is 33.6 Å². The first-order valence-electron chi connectivity index (χ1n) is 5.27. The smallest absolute Gasteiger partial charge is 0.0463 e. The van der Waals surface area contributed by atoms with E-state index in [1.165, 1.54) is 0 Å². The highest BCUT2D eigenvalue weighted by atomic mass is 16.3. The monoisotopic (exact) mass is 204 g/mol. The third-order valence-electron chi connectivity index (χ3n) is 2.51. The molecule has 0 aliphatic heterocycles. The van der Waals surface area contributed by atoms with E-state index in [4.69, 9.17) is 10.2 Å². The maximum absolute atomic E-state index is 9.22. The molecule has 0 radical (unpaired) electrons. The van der Waals surface area contributed by atoms with E-state index in [0.717, 1.165) is 6.42 Å². The van der Waals surface area contributed by atoms with Crippen LogP contribution in [0.5, 0.6) is 0 Å². The quantitative estimate of drug-likeness (QED) is 0.605. The zero-order valence-corrected chi connectivity index (χ0v) is 9.53. The molecule has 0 heterocycles. The van der Waals surface area contributed by atoms with Crippen LogP contribution in [0.25, 0.3) is 0 Å². The van der Waals surface area contributed by atoms with Gasteiger partial charge >= 0.3 is 0 Å². The summed E-state index contributed by atoms with van der Waals surface area (Å²) in [7, 11) is 0. The second-order valence-corrected chi connectivity index (χ2v) is 5.16. The molecule has 3 N–H and O–H groups in total. The van der Waals surface area contributed by atoms with E-state index < -0.39 is 0 Å². The van der Waals surface area contributed by atoms with Gasteiger partial charge in [-0.3, -0.25) is 0 Å². The molecular weight excluding hydrogens is 180 g/mol. The Morgan fingerprint density at radius 3 is 1.71 bits per heavy atom. The summed E-state index contributed by atoms with van der Waals surface area (Å²) in [6.45, 7) is 6.55. The van der Waals surface area contributed by atoms with E-state index >= 15 is 0 Å². The Hall–Kier alpha value is -0.120. The number of hydrogen-bond acceptors (Lipinski definition) is 3. The Bertz CT molecular complexity index is 140. The molecule has 0 aromatic rings. The average molecular weight is 204 g/mol. The van der Waals surface area contributed by atoms with Gasteiger partial charge < -0.3 is 15.3 Å². The lowest BCUT2D eigenvalue weighted by Gasteiger charge is -2.29. The molecule has 86 valence electrons. The molecule has 0 aliphatic rings. The van der Waals surface area contributed by atoms with Crippen LogP contribution in [0, 0.1) is 17.3 Å². The topological polar surface area (TPSA) is 60.7 Å². The summed E-state index contributed by atoms with van der Waals surface area (Å²) < 4.78 is 0. The van der Waals surface area contributed by atoms with Gasteiger partial charge in [0, 0.05) is 19.8 Å². The molecule has 0 spiro atoms. The van der Waals surface area contributed by atoms with Crippen molar-refractivity contribution in [3.63, 3.8) is 0 Å². The number of rotatable bonds is 6. The van der Waals surface area contributed by atoms with Gasteiger partial charge in [-0.1, -0.05) is 20.8 Å². The van der Waals surface area contributed by atoms with Crippen LogP contribution in [0.4, 0.5) is 0 Å². The third kappa shape index (κ3) is 5.58. The molecular formula is C11H24O3. The predicted molar refractivity (Wildman–Crippen MR) is 56.9 cm³/mol. The maximum atomic E-state index is 9.22. The van der Waals surface area contributed by atoms with Gasteiger partial charge in [-0.15, -0.1) is 0 Å². The molecule has 0 aromatic carbocycles. The highest BCUT2D eigenvalue weighted by molar-refractivity contribution is 4.75. The molecule has 3 heteroatoms. The maximum Gasteiger partial charge on any atom is 0.0463 e. The van der Waals surface area contributed by atoms with Gasteiger partial charge in [-0.25, -0.2) is 0 Å². The van der Waals surface area contributed by atoms with E-state index in [-0.39, 0.29) is 37.1 Å². The first kappa shape index (κ1) is 13.9. The second kappa shape index (κ2) is 6.38. The summed E-state index contributed by atoms with van der Waals surface area (Å²) >= 11 is 0. The third-order valence-corrected chi connectivity index (χ3v) is 2.51. The van der Waals surface area contributed by atoms with E-state index in [9.17, 15) is 5.11 Å². The minimum atomic E-state index is 0.0178. The molecule has 0 bridgehead atoms. The molecule has 0 aliphatic carbocycles. The molecule has 0 aromatic heterocycles. The van der Waals surface area contributed by atoms with Crippen LogP contribution in [-0.4, -0.2) is 35.1 Å². The van der Waals surface area contributed by atoms with Crippen molar-refractivity contribution in [3.8, 4) is 0 Å². The molecule has 0 saturated heterocycles. The van der Waals surface area contributed by atoms with Crippen molar-refractivity contribution in [2.75, 3.05) is 19.8 Å². The second-order valence-electron chi connectivity index (χ2n) is 5.16. The van der Waals surface area contributed by atoms with Gasteiger partial charge in [0.1, 0.15) is 0 Å². The molecule has 0 saturated carbocycles. The zero-order valence-electron chi connectivity index (χ0n) is 9.53. The van der Waals surface area contributed by atoms with Crippen LogP contribution >= 0.6 is 0 Å². The molecule has 3 nitrogen and oxygen atoms in total. The van der Waals surface area contributed by atoms with Crippen molar-refractivity contribution in [2.24, 2.45) is 17.3 Å². The Morgan fingerprint density at radius 1 is 0.929 bits per heavy atom. The lowest BCUT2D eigenvalue weighted by Crippen LogP contribution is -2.27. The first-order chi connectivity index (χ1) is 6.44. The minimum Gasteiger partial charge on any atom is -0.396 e. The number of aliphatic hydroxyl groups excluding tert-OH is 3. The number of aliphatic hydroxyl groups is 3. The van der Waals surface area contributed by atoms with Gasteiger partial charge in [0.25, 0.3) is 0 Å². The highest BCUT2D eigenvalue weighted by Crippen LogP contribution is 2.29. The van der Waals surface area contributed by atoms with Crippen LogP contribution in [0.2, 0.25) is 0 Å². The minimum absolute atomic E-state index is 0.0178. The van der Waals surface area contributed by atoms with Gasteiger partial charge in [-0.2, -0.15) is 0 Å². The van der Waals surface area contributed by atoms with Crippen LogP contribution in [0.1, 0.15) is 33.6 Å². The summed E-state index contributed by atoms with van der Waals surface area (Å²) in [6.07, 6.45) is 1.44. The van der Waals surface area contributed by atoms with Crippen molar-refractivity contribution in [1.29, 1.82) is 0 Å². The van der Waals surface area contributed by atoms with E-state index in [1.807, 2.05) is 0 Å². The van der Waals surface area contributed by atoms with Crippen molar-refractivity contribution in [1.82, 2.24) is 0 Å². The standard InChI is InChI=1S/C11H24O3/c1-11(2,3)6-10(8-14)9(7-13)4-5-12/h9-10,12-14H,4-8H2,1-3H3. The fraction of sp³-hybridized carbons (Fsp3) is 1.00. The summed E-state index contributed by atoms with van der Waals surface area (Å²) in [5, 5.41) is 27.2. The Kier molecular flexibility index (Phi) is 6.33. The van der Waals surface area contributed by atoms with Crippen LogP contribution in [0.15, 0.2) is 0 Å². The fourth-order valence-corrected chi connectivity index (χ4v) is 1.81. The SMILES string of the molecule is CC(C)(C)CC(CO)C(CO)CCO. The van der Waals surface area contributed by atoms with Crippen molar-refractivity contribution in [3.05, 3.63) is 0 Å². The van der Waals surface area contributed by atoms with Gasteiger partial charge in [0.2, 0.25) is 0 Å². The van der Waals surface area contributed by atoms with E-state index in [2.05, 4.69) is 20.8 Å². The molecule has 0 amide bonds. The van der Waals surface area contributed by atoms with E-state index in [0.29, 0.717) is 6.42 Å². The van der Waals surface area contributed by atoms with Crippen LogP contribution < -0.4 is 0 Å². The fourth-order valence-electron chi connectivity index (χ4n) is 1.81. The van der Waals surface area contributed by atoms with Gasteiger partial charge in [0.05, 0.1) is 0 Å². The number of hydrogen-bond donors (Lipinski definition) is 3. The van der Waals surface area contributed by atoms with Crippen molar-refractivity contribution >= 4 is 0 Å².